The normalized spacial score (nSPS) is 16.0. The molecule has 0 saturated carbocycles. The molecule has 5 nitrogen and oxygen atoms in total. The summed E-state index contributed by atoms with van der Waals surface area (Å²) in [7, 11) is 2.02. The zero-order valence-electron chi connectivity index (χ0n) is 11.7. The highest BCUT2D eigenvalue weighted by Crippen LogP contribution is 2.22. The molecule has 1 amide bonds. The number of thioether (sulfide) groups is 1. The van der Waals surface area contributed by atoms with Crippen molar-refractivity contribution in [2.24, 2.45) is 0 Å². The maximum Gasteiger partial charge on any atom is 0.338 e. The molecule has 1 N–H and O–H groups in total. The Balaban J connectivity index is 1.92. The Morgan fingerprint density at radius 3 is 2.57 bits per heavy atom. The first-order valence-corrected chi connectivity index (χ1v) is 7.58. The molecule has 1 aliphatic heterocycles. The Bertz CT molecular complexity index is 545. The lowest BCUT2D eigenvalue weighted by Gasteiger charge is -2.32. The van der Waals surface area contributed by atoms with E-state index in [0.29, 0.717) is 18.0 Å². The molecule has 0 radical (unpaired) electrons. The van der Waals surface area contributed by atoms with Gasteiger partial charge in [-0.15, -0.1) is 11.8 Å². The number of likely N-dealkylation sites (N-methyl/N-ethyl adjacent to an activating group) is 1. The summed E-state index contributed by atoms with van der Waals surface area (Å²) in [5.41, 5.74) is -0.368. The number of hydrogen-bond acceptors (Lipinski definition) is 4. The lowest BCUT2D eigenvalue weighted by atomic mass is 10.2. The van der Waals surface area contributed by atoms with Crippen molar-refractivity contribution in [2.75, 3.05) is 39.0 Å². The predicted octanol–water partition coefficient (Wildman–Crippen LogP) is 1.39. The highest BCUT2D eigenvalue weighted by molar-refractivity contribution is 8.00. The van der Waals surface area contributed by atoms with Crippen LogP contribution in [0.15, 0.2) is 23.1 Å². The third kappa shape index (κ3) is 4.18. The molecule has 7 heteroatoms. The van der Waals surface area contributed by atoms with E-state index in [0.717, 1.165) is 19.2 Å². The monoisotopic (exact) mass is 312 g/mol. The van der Waals surface area contributed by atoms with E-state index < -0.39 is 11.8 Å². The number of carbonyl (C=O) groups is 2. The highest BCUT2D eigenvalue weighted by atomic mass is 32.2. The standard InChI is InChI=1S/C14H17FN2O3S/c1-16-4-6-17(7-5-16)13(18)9-21-10-2-3-12(15)11(8-10)14(19)20/h2-3,8H,4-7,9H2,1H3,(H,19,20). The Kier molecular flexibility index (Phi) is 5.19. The van der Waals surface area contributed by atoms with Gasteiger partial charge in [0.25, 0.3) is 0 Å². The predicted molar refractivity (Wildman–Crippen MR) is 78.2 cm³/mol. The van der Waals surface area contributed by atoms with E-state index in [1.807, 2.05) is 7.05 Å². The van der Waals surface area contributed by atoms with Crippen LogP contribution in [-0.2, 0) is 4.79 Å². The molecule has 0 atom stereocenters. The number of rotatable bonds is 4. The number of benzene rings is 1. The summed E-state index contributed by atoms with van der Waals surface area (Å²) in [6.07, 6.45) is 0. The van der Waals surface area contributed by atoms with E-state index in [9.17, 15) is 14.0 Å². The van der Waals surface area contributed by atoms with Crippen molar-refractivity contribution in [3.8, 4) is 0 Å². The molecule has 114 valence electrons. The topological polar surface area (TPSA) is 60.9 Å². The van der Waals surface area contributed by atoms with Gasteiger partial charge >= 0.3 is 5.97 Å². The minimum absolute atomic E-state index is 0.0225. The second-order valence-corrected chi connectivity index (χ2v) is 5.97. The SMILES string of the molecule is CN1CCN(C(=O)CSc2ccc(F)c(C(=O)O)c2)CC1. The van der Waals surface area contributed by atoms with Gasteiger partial charge in [-0.05, 0) is 25.2 Å². The van der Waals surface area contributed by atoms with E-state index in [1.54, 1.807) is 4.90 Å². The number of hydrogen-bond donors (Lipinski definition) is 1. The van der Waals surface area contributed by atoms with Gasteiger partial charge in [0, 0.05) is 31.1 Å². The van der Waals surface area contributed by atoms with Crippen molar-refractivity contribution in [1.29, 1.82) is 0 Å². The highest BCUT2D eigenvalue weighted by Gasteiger charge is 2.19. The fraction of sp³-hybridized carbons (Fsp3) is 0.429. The van der Waals surface area contributed by atoms with E-state index in [-0.39, 0.29) is 17.2 Å². The van der Waals surface area contributed by atoms with Gasteiger partial charge < -0.3 is 14.9 Å². The van der Waals surface area contributed by atoms with Crippen LogP contribution in [0.25, 0.3) is 0 Å². The number of aromatic carboxylic acids is 1. The molecular formula is C14H17FN2O3S. The lowest BCUT2D eigenvalue weighted by Crippen LogP contribution is -2.47. The largest absolute Gasteiger partial charge is 0.478 e. The first-order valence-electron chi connectivity index (χ1n) is 6.59. The molecular weight excluding hydrogens is 295 g/mol. The molecule has 0 aromatic heterocycles. The second kappa shape index (κ2) is 6.91. The molecule has 1 fully saturated rings. The number of carbonyl (C=O) groups excluding carboxylic acids is 1. The van der Waals surface area contributed by atoms with Gasteiger partial charge in [0.05, 0.1) is 11.3 Å². The molecule has 0 unspecified atom stereocenters. The van der Waals surface area contributed by atoms with E-state index in [2.05, 4.69) is 4.90 Å². The summed E-state index contributed by atoms with van der Waals surface area (Å²) in [6.45, 7) is 3.13. The van der Waals surface area contributed by atoms with Gasteiger partial charge in [-0.2, -0.15) is 0 Å². The van der Waals surface area contributed by atoms with Crippen LogP contribution in [0, 0.1) is 5.82 Å². The summed E-state index contributed by atoms with van der Waals surface area (Å²) in [5.74, 6) is -1.82. The van der Waals surface area contributed by atoms with Gasteiger partial charge in [0.2, 0.25) is 5.91 Å². The van der Waals surface area contributed by atoms with Gasteiger partial charge in [0.1, 0.15) is 5.82 Å². The fourth-order valence-electron chi connectivity index (χ4n) is 2.05. The summed E-state index contributed by atoms with van der Waals surface area (Å²) in [4.78, 5) is 27.5. The van der Waals surface area contributed by atoms with Gasteiger partial charge in [-0.3, -0.25) is 4.79 Å². The Labute approximate surface area is 126 Å². The number of carboxylic acid groups (broad SMARTS) is 1. The van der Waals surface area contributed by atoms with E-state index in [4.69, 9.17) is 5.11 Å². The molecule has 1 aliphatic rings. The van der Waals surface area contributed by atoms with E-state index in [1.165, 1.54) is 23.9 Å². The Morgan fingerprint density at radius 2 is 1.95 bits per heavy atom. The summed E-state index contributed by atoms with van der Waals surface area (Å²) in [5, 5.41) is 8.87. The van der Waals surface area contributed by atoms with E-state index >= 15 is 0 Å². The first kappa shape index (κ1) is 15.8. The van der Waals surface area contributed by atoms with Crippen molar-refractivity contribution < 1.29 is 19.1 Å². The fourth-order valence-corrected chi connectivity index (χ4v) is 2.89. The molecule has 1 aromatic rings. The molecule has 1 heterocycles. The Hall–Kier alpha value is -1.60. The third-order valence-corrected chi connectivity index (χ3v) is 4.37. The van der Waals surface area contributed by atoms with Crippen LogP contribution in [0.1, 0.15) is 10.4 Å². The molecule has 0 spiro atoms. The van der Waals surface area contributed by atoms with Gasteiger partial charge in [-0.25, -0.2) is 9.18 Å². The van der Waals surface area contributed by atoms with Crippen LogP contribution < -0.4 is 0 Å². The average Bonchev–Trinajstić information content (AvgIpc) is 2.46. The second-order valence-electron chi connectivity index (χ2n) is 4.92. The molecule has 1 saturated heterocycles. The van der Waals surface area contributed by atoms with Crippen LogP contribution in [-0.4, -0.2) is 65.8 Å². The zero-order chi connectivity index (χ0) is 15.4. The minimum Gasteiger partial charge on any atom is -0.478 e. The minimum atomic E-state index is -1.31. The third-order valence-electron chi connectivity index (χ3n) is 3.39. The molecule has 0 bridgehead atoms. The van der Waals surface area contributed by atoms with Crippen molar-refractivity contribution in [3.63, 3.8) is 0 Å². The lowest BCUT2D eigenvalue weighted by molar-refractivity contribution is -0.129. The number of carboxylic acids is 1. The number of halogens is 1. The molecule has 2 rings (SSSR count). The molecule has 21 heavy (non-hydrogen) atoms. The van der Waals surface area contributed by atoms with Crippen LogP contribution in [0.4, 0.5) is 4.39 Å². The Morgan fingerprint density at radius 1 is 1.29 bits per heavy atom. The smallest absolute Gasteiger partial charge is 0.338 e. The maximum absolute atomic E-state index is 13.3. The van der Waals surface area contributed by atoms with Crippen molar-refractivity contribution in [2.45, 2.75) is 4.90 Å². The quantitative estimate of drug-likeness (QED) is 0.851. The van der Waals surface area contributed by atoms with Crippen molar-refractivity contribution in [1.82, 2.24) is 9.80 Å². The van der Waals surface area contributed by atoms with Crippen LogP contribution in [0.2, 0.25) is 0 Å². The van der Waals surface area contributed by atoms with Crippen LogP contribution in [0.3, 0.4) is 0 Å². The summed E-state index contributed by atoms with van der Waals surface area (Å²) in [6, 6.07) is 3.87. The summed E-state index contributed by atoms with van der Waals surface area (Å²) >= 11 is 1.23. The van der Waals surface area contributed by atoms with Gasteiger partial charge in [-0.1, -0.05) is 0 Å². The zero-order valence-corrected chi connectivity index (χ0v) is 12.5. The number of piperazine rings is 1. The molecule has 1 aromatic carbocycles. The van der Waals surface area contributed by atoms with Crippen molar-refractivity contribution in [3.05, 3.63) is 29.6 Å². The average molecular weight is 312 g/mol. The maximum atomic E-state index is 13.3. The first-order chi connectivity index (χ1) is 9.97. The molecule has 0 aliphatic carbocycles. The van der Waals surface area contributed by atoms with Crippen LogP contribution in [0.5, 0.6) is 0 Å². The van der Waals surface area contributed by atoms with Gasteiger partial charge in [0.15, 0.2) is 0 Å². The summed E-state index contributed by atoms with van der Waals surface area (Å²) < 4.78 is 13.3. The number of amides is 1. The number of nitrogens with zero attached hydrogens (tertiary/aromatic N) is 2. The van der Waals surface area contributed by atoms with Crippen LogP contribution >= 0.6 is 11.8 Å². The van der Waals surface area contributed by atoms with Crippen molar-refractivity contribution >= 4 is 23.6 Å².